The monoisotopic (exact) mass is 380 g/mol. The second kappa shape index (κ2) is 5.57. The van der Waals surface area contributed by atoms with E-state index in [2.05, 4.69) is 4.98 Å². The molecule has 0 saturated heterocycles. The third kappa shape index (κ3) is 2.01. The van der Waals surface area contributed by atoms with Gasteiger partial charge in [0, 0.05) is 48.6 Å². The van der Waals surface area contributed by atoms with Gasteiger partial charge in [0.15, 0.2) is 5.65 Å². The Morgan fingerprint density at radius 1 is 1.27 bits per heavy atom. The third-order valence-corrected chi connectivity index (χ3v) is 4.19. The molecule has 6 nitrogen and oxygen atoms in total. The molecular formula is C20H28N4O2. The molecule has 0 amide bonds. The van der Waals surface area contributed by atoms with Crippen molar-refractivity contribution in [1.29, 1.82) is 0 Å². The molecule has 4 saturated carbocycles. The summed E-state index contributed by atoms with van der Waals surface area (Å²) in [4.78, 5) is 33.5. The molecule has 0 spiro atoms. The van der Waals surface area contributed by atoms with Gasteiger partial charge in [-0.1, -0.05) is 13.8 Å². The minimum atomic E-state index is -4.26. The maximum atomic E-state index is 13.9. The molecule has 2 unspecified atom stereocenters. The van der Waals surface area contributed by atoms with Crippen LogP contribution < -0.4 is 11.2 Å². The molecule has 0 radical (unpaired) electrons. The van der Waals surface area contributed by atoms with Crippen molar-refractivity contribution in [3.8, 4) is 0 Å². The van der Waals surface area contributed by atoms with Crippen LogP contribution in [0.4, 0.5) is 0 Å². The average Bonchev–Trinajstić information content (AvgIpc) is 3.38. The first-order chi connectivity index (χ1) is 21.7. The standard InChI is InChI=1S/C20H28N4O2/c1-3-5-23-16-15(17(25)24(6-4-2)19(23)26)21-18(22-16)20-10-12-7-13(11-20)9-14(20)8-12/h12-14H,3-11H2,1-2H3,(H,21,22)/i2D3,3D2,4D2,5D2,6D2,7D2,8D2,9D2,10D2,11D2,12D,13D,14D. The number of H-pyrrole nitrogens is 1. The van der Waals surface area contributed by atoms with Crippen molar-refractivity contribution < 1.29 is 32.9 Å². The maximum absolute atomic E-state index is 13.9. The van der Waals surface area contributed by atoms with Crippen molar-refractivity contribution in [1.82, 2.24) is 19.1 Å². The van der Waals surface area contributed by atoms with Gasteiger partial charge in [0.05, 0.1) is 2.74 Å². The normalized spacial score (nSPS) is 66.7. The van der Waals surface area contributed by atoms with Crippen LogP contribution in [0.3, 0.4) is 0 Å². The fraction of sp³-hybridized carbons (Fsp3) is 0.750. The quantitative estimate of drug-likeness (QED) is 0.867. The highest BCUT2D eigenvalue weighted by atomic mass is 16.2. The van der Waals surface area contributed by atoms with Crippen LogP contribution in [0, 0.1) is 17.7 Å². The Kier molecular flexibility index (Phi) is 1.02. The number of nitrogens with one attached hydrogen (secondary N) is 1. The molecular weight excluding hydrogens is 328 g/mol. The summed E-state index contributed by atoms with van der Waals surface area (Å²) in [6, 6.07) is 0. The zero-order valence-corrected chi connectivity index (χ0v) is 13.2. The van der Waals surface area contributed by atoms with Gasteiger partial charge < -0.3 is 4.98 Å². The molecule has 0 aliphatic heterocycles. The maximum Gasteiger partial charge on any atom is 0.332 e. The predicted octanol–water partition coefficient (Wildman–Crippen LogP) is 2.78. The molecule has 4 aliphatic rings. The molecule has 6 heteroatoms. The van der Waals surface area contributed by atoms with Gasteiger partial charge in [0.1, 0.15) is 11.3 Å². The molecule has 2 atom stereocenters. The highest BCUT2D eigenvalue weighted by Crippen LogP contribution is 2.65. The summed E-state index contributed by atoms with van der Waals surface area (Å²) in [5.41, 5.74) is -11.2. The molecule has 2 aromatic heterocycles. The lowest BCUT2D eigenvalue weighted by molar-refractivity contribution is 0.262. The summed E-state index contributed by atoms with van der Waals surface area (Å²) in [5, 5.41) is 0. The molecule has 4 fully saturated rings. The van der Waals surface area contributed by atoms with Gasteiger partial charge >= 0.3 is 5.69 Å². The number of rotatable bonds is 5. The Morgan fingerprint density at radius 3 is 2.69 bits per heavy atom. The van der Waals surface area contributed by atoms with Gasteiger partial charge in [-0.25, -0.2) is 9.78 Å². The summed E-state index contributed by atoms with van der Waals surface area (Å²) in [6.45, 7) is -11.4. The molecule has 6 rings (SSSR count). The molecule has 1 N–H and O–H groups in total. The van der Waals surface area contributed by atoms with E-state index < -0.39 is 125 Å². The number of aromatic nitrogens is 4. The van der Waals surface area contributed by atoms with E-state index in [1.165, 1.54) is 0 Å². The average molecular weight is 381 g/mol. The summed E-state index contributed by atoms with van der Waals surface area (Å²) in [5.74, 6) is -13.7. The van der Waals surface area contributed by atoms with Gasteiger partial charge in [-0.3, -0.25) is 13.9 Å². The van der Waals surface area contributed by atoms with E-state index in [1.807, 2.05) is 4.98 Å². The first-order valence-corrected chi connectivity index (χ1v) is 7.45. The van der Waals surface area contributed by atoms with Gasteiger partial charge in [-0.05, 0) is 62.3 Å². The third-order valence-electron chi connectivity index (χ3n) is 4.19. The van der Waals surface area contributed by atoms with Crippen LogP contribution in [0.2, 0.25) is 0 Å². The second-order valence-corrected chi connectivity index (χ2v) is 5.64. The van der Waals surface area contributed by atoms with Crippen LogP contribution in [-0.2, 0) is 18.4 Å². The Morgan fingerprint density at radius 2 is 2.00 bits per heavy atom. The molecule has 0 aromatic carbocycles. The van der Waals surface area contributed by atoms with Gasteiger partial charge in [0.2, 0.25) is 0 Å². The summed E-state index contributed by atoms with van der Waals surface area (Å²) in [6.07, 6.45) is -27.9. The molecule has 26 heavy (non-hydrogen) atoms. The van der Waals surface area contributed by atoms with Gasteiger partial charge in [0.25, 0.3) is 5.56 Å². The van der Waals surface area contributed by atoms with E-state index in [1.54, 1.807) is 0 Å². The summed E-state index contributed by atoms with van der Waals surface area (Å²) < 4.78 is 202. The van der Waals surface area contributed by atoms with Gasteiger partial charge in [-0.15, -0.1) is 0 Å². The minimum Gasteiger partial charge on any atom is -0.336 e. The summed E-state index contributed by atoms with van der Waals surface area (Å²) in [7, 11) is 0. The Labute approximate surface area is 186 Å². The fourth-order valence-electron chi connectivity index (χ4n) is 3.16. The highest BCUT2D eigenvalue weighted by Gasteiger charge is 2.59. The first kappa shape index (κ1) is 4.76. The number of imidazole rings is 1. The van der Waals surface area contributed by atoms with E-state index in [4.69, 9.17) is 31.5 Å². The van der Waals surface area contributed by atoms with E-state index in [0.29, 0.717) is 6.92 Å². The number of hydrogen-bond acceptors (Lipinski definition) is 3. The Bertz CT molecular complexity index is 1920. The highest BCUT2D eigenvalue weighted by molar-refractivity contribution is 5.70. The molecule has 4 aliphatic carbocycles. The number of aromatic amines is 1. The lowest BCUT2D eigenvalue weighted by Crippen LogP contribution is -2.40. The summed E-state index contributed by atoms with van der Waals surface area (Å²) >= 11 is 0. The van der Waals surface area contributed by atoms with Crippen molar-refractivity contribution in [3.05, 3.63) is 26.7 Å². The molecule has 2 aromatic rings. The SMILES string of the molecule is [2H]C([2H])([2H])C([2H])([2H])C([2H])([2H])n1c(=O)c2[nH]c(C34C([2H])([2H])C5([2H])C([2H])([2H])C([2H])(C([2H])([2H])C3([2H])C5([2H])[2H])C4([2H])[2H])nc2n(C([2H])([2H])C([2H])([2H])C)c1=O. The number of fused-ring (bicyclic) bond motifs is 1. The number of hydrogen-bond donors (Lipinski definition) is 1. The zero-order chi connectivity index (χ0) is 39.5. The molecule has 140 valence electrons. The van der Waals surface area contributed by atoms with Crippen LogP contribution in [0.15, 0.2) is 9.59 Å². The van der Waals surface area contributed by atoms with Crippen LogP contribution in [-0.4, -0.2) is 19.1 Å². The molecule has 4 bridgehead atoms. The number of nitrogens with zero attached hydrogens (tertiary/aromatic N) is 3. The van der Waals surface area contributed by atoms with E-state index >= 15 is 0 Å². The van der Waals surface area contributed by atoms with Gasteiger partial charge in [-0.2, -0.15) is 0 Å². The predicted molar refractivity (Wildman–Crippen MR) is 100 cm³/mol. The first-order valence-electron chi connectivity index (χ1n) is 19.4. The van der Waals surface area contributed by atoms with E-state index in [9.17, 15) is 11.0 Å². The van der Waals surface area contributed by atoms with Crippen molar-refractivity contribution in [2.45, 2.75) is 76.8 Å². The number of aryl methyl sites for hydroxylation is 1. The smallest absolute Gasteiger partial charge is 0.332 e. The largest absolute Gasteiger partial charge is 0.336 e. The van der Waals surface area contributed by atoms with Crippen molar-refractivity contribution in [2.75, 3.05) is 0 Å². The zero-order valence-electron chi connectivity index (χ0n) is 37.2. The van der Waals surface area contributed by atoms with Crippen LogP contribution in [0.1, 0.15) is 97.1 Å². The molecule has 2 heterocycles. The van der Waals surface area contributed by atoms with E-state index in [-0.39, 0.29) is 0 Å². The van der Waals surface area contributed by atoms with Crippen LogP contribution in [0.5, 0.6) is 0 Å². The Balaban J connectivity index is 2.10. The lowest BCUT2D eigenvalue weighted by Gasteiger charge is -2.30. The van der Waals surface area contributed by atoms with Crippen molar-refractivity contribution in [2.24, 2.45) is 17.7 Å². The van der Waals surface area contributed by atoms with Crippen molar-refractivity contribution in [3.63, 3.8) is 0 Å². The topological polar surface area (TPSA) is 72.7 Å². The second-order valence-electron chi connectivity index (χ2n) is 5.64. The van der Waals surface area contributed by atoms with E-state index in [0.717, 1.165) is 0 Å². The van der Waals surface area contributed by atoms with Crippen LogP contribution in [0.25, 0.3) is 11.2 Å². The lowest BCUT2D eigenvalue weighted by atomic mass is 9.75. The fourth-order valence-corrected chi connectivity index (χ4v) is 3.16. The van der Waals surface area contributed by atoms with Crippen molar-refractivity contribution >= 4 is 11.2 Å². The Hall–Kier alpha value is -1.85. The van der Waals surface area contributed by atoms with Crippen LogP contribution >= 0.6 is 0 Å². The minimum absolute atomic E-state index is 0.412.